The van der Waals surface area contributed by atoms with E-state index in [-0.39, 0.29) is 0 Å². The molecule has 33 heavy (non-hydrogen) atoms. The van der Waals surface area contributed by atoms with Gasteiger partial charge in [-0.25, -0.2) is 9.97 Å². The molecule has 0 spiro atoms. The first-order valence-electron chi connectivity index (χ1n) is 10.6. The van der Waals surface area contributed by atoms with E-state index in [0.29, 0.717) is 22.6 Å². The van der Waals surface area contributed by atoms with E-state index >= 15 is 0 Å². The highest BCUT2D eigenvalue weighted by molar-refractivity contribution is 8.00. The van der Waals surface area contributed by atoms with E-state index in [4.69, 9.17) is 0 Å². The first-order valence-corrected chi connectivity index (χ1v) is 12.3. The van der Waals surface area contributed by atoms with Crippen molar-refractivity contribution in [3.63, 3.8) is 0 Å². The molecule has 1 aromatic carbocycles. The summed E-state index contributed by atoms with van der Waals surface area (Å²) in [6, 6.07) is 9.23. The number of hydrogen-bond acceptors (Lipinski definition) is 10. The van der Waals surface area contributed by atoms with Crippen molar-refractivity contribution in [3.05, 3.63) is 53.6 Å². The van der Waals surface area contributed by atoms with Gasteiger partial charge in [0, 0.05) is 68.9 Å². The number of pyridine rings is 1. The average molecular weight is 485 g/mol. The fourth-order valence-corrected chi connectivity index (χ4v) is 4.75. The summed E-state index contributed by atoms with van der Waals surface area (Å²) in [5.74, 6) is -0.537. The molecule has 0 atom stereocenters. The van der Waals surface area contributed by atoms with Crippen LogP contribution in [-0.4, -0.2) is 61.2 Å². The van der Waals surface area contributed by atoms with Gasteiger partial charge in [-0.3, -0.25) is 4.90 Å². The van der Waals surface area contributed by atoms with Crippen LogP contribution in [0.15, 0.2) is 46.9 Å². The van der Waals surface area contributed by atoms with Crippen molar-refractivity contribution < 1.29 is 4.39 Å². The largest absolute Gasteiger partial charge is 0.371 e. The number of nitrogens with zero attached hydrogens (tertiary/aromatic N) is 5. The molecule has 0 saturated carbocycles. The lowest BCUT2D eigenvalue weighted by molar-refractivity contribution is 0.246. The topological polar surface area (TPSA) is 92.1 Å². The Hall–Kier alpha value is -2.91. The molecule has 4 rings (SSSR count). The third kappa shape index (κ3) is 6.33. The van der Waals surface area contributed by atoms with E-state index in [0.717, 1.165) is 49.3 Å². The maximum absolute atomic E-state index is 14.0. The molecule has 1 fully saturated rings. The van der Waals surface area contributed by atoms with Crippen molar-refractivity contribution >= 4 is 45.5 Å². The Morgan fingerprint density at radius 2 is 2.12 bits per heavy atom. The predicted molar refractivity (Wildman–Crippen MR) is 133 cm³/mol. The molecule has 1 aliphatic heterocycles. The Bertz CT molecular complexity index is 1100. The van der Waals surface area contributed by atoms with Crippen molar-refractivity contribution in [3.8, 4) is 6.07 Å². The minimum Gasteiger partial charge on any atom is -0.371 e. The van der Waals surface area contributed by atoms with Crippen LogP contribution in [0.1, 0.15) is 5.56 Å². The van der Waals surface area contributed by atoms with E-state index in [9.17, 15) is 9.65 Å². The van der Waals surface area contributed by atoms with Gasteiger partial charge in [-0.15, -0.1) is 11.3 Å². The number of anilines is 4. The third-order valence-electron chi connectivity index (χ3n) is 5.29. The smallest absolute Gasteiger partial charge is 0.215 e. The van der Waals surface area contributed by atoms with Crippen LogP contribution in [0.5, 0.6) is 0 Å². The van der Waals surface area contributed by atoms with Gasteiger partial charge in [0.05, 0.1) is 28.8 Å². The number of piperazine rings is 1. The second-order valence-corrected chi connectivity index (χ2v) is 9.30. The summed E-state index contributed by atoms with van der Waals surface area (Å²) >= 11 is 2.90. The molecule has 3 aromatic rings. The SMILES string of the molecule is CN(CCN1CCNCC1)c1cc(F)ncc1Nc1ccc(SNc2nccs2)cc1C#N. The lowest BCUT2D eigenvalue weighted by Gasteiger charge is -2.30. The molecule has 0 unspecified atom stereocenters. The maximum atomic E-state index is 14.0. The zero-order chi connectivity index (χ0) is 23.0. The fraction of sp³-hybridized carbons (Fsp3) is 0.318. The number of nitriles is 1. The summed E-state index contributed by atoms with van der Waals surface area (Å²) in [6.45, 7) is 5.65. The summed E-state index contributed by atoms with van der Waals surface area (Å²) in [5, 5.41) is 19.0. The fourth-order valence-electron chi connectivity index (χ4n) is 3.49. The van der Waals surface area contributed by atoms with E-state index < -0.39 is 5.95 Å². The van der Waals surface area contributed by atoms with Crippen molar-refractivity contribution in [2.24, 2.45) is 0 Å². The van der Waals surface area contributed by atoms with E-state index in [1.165, 1.54) is 35.5 Å². The van der Waals surface area contributed by atoms with Gasteiger partial charge in [-0.1, -0.05) is 0 Å². The zero-order valence-electron chi connectivity index (χ0n) is 18.2. The van der Waals surface area contributed by atoms with Crippen LogP contribution in [0, 0.1) is 17.3 Å². The summed E-state index contributed by atoms with van der Waals surface area (Å²) in [5.41, 5.74) is 2.48. The first kappa shape index (κ1) is 23.3. The number of benzene rings is 1. The Labute approximate surface area is 201 Å². The number of likely N-dealkylation sites (N-methyl/N-ethyl adjacent to an activating group) is 1. The molecule has 0 bridgehead atoms. The van der Waals surface area contributed by atoms with Crippen molar-refractivity contribution in [2.45, 2.75) is 4.90 Å². The van der Waals surface area contributed by atoms with E-state index in [1.54, 1.807) is 12.3 Å². The number of hydrogen-bond donors (Lipinski definition) is 3. The van der Waals surface area contributed by atoms with Gasteiger partial charge in [-0.2, -0.15) is 9.65 Å². The molecule has 0 amide bonds. The summed E-state index contributed by atoms with van der Waals surface area (Å²) in [6.07, 6.45) is 3.20. The molecular weight excluding hydrogens is 459 g/mol. The molecular formula is C22H25FN8S2. The first-order chi connectivity index (χ1) is 16.1. The molecule has 3 N–H and O–H groups in total. The highest BCUT2D eigenvalue weighted by Crippen LogP contribution is 2.32. The highest BCUT2D eigenvalue weighted by Gasteiger charge is 2.15. The van der Waals surface area contributed by atoms with Crippen molar-refractivity contribution in [1.82, 2.24) is 20.2 Å². The van der Waals surface area contributed by atoms with Gasteiger partial charge in [-0.05, 0) is 30.1 Å². The van der Waals surface area contributed by atoms with Gasteiger partial charge < -0.3 is 20.3 Å². The number of thiazole rings is 1. The Morgan fingerprint density at radius 3 is 2.88 bits per heavy atom. The maximum Gasteiger partial charge on any atom is 0.215 e. The average Bonchev–Trinajstić information content (AvgIpc) is 3.37. The van der Waals surface area contributed by atoms with E-state index in [2.05, 4.69) is 36.3 Å². The standard InChI is InChI=1S/C22H25FN8S2/c1-30(9-10-31-7-4-25-5-8-31)20-13-21(23)27-15-19(20)28-18-3-2-17(12-16(18)14-24)33-29-22-26-6-11-32-22/h2-3,6,11-13,15,25,28H,4-5,7-10H2,1H3,(H,26,29). The zero-order valence-corrected chi connectivity index (χ0v) is 19.8. The van der Waals surface area contributed by atoms with Crippen LogP contribution in [-0.2, 0) is 0 Å². The van der Waals surface area contributed by atoms with Crippen LogP contribution in [0.3, 0.4) is 0 Å². The quantitative estimate of drug-likeness (QED) is 0.310. The Balaban J connectivity index is 1.46. The molecule has 3 heterocycles. The van der Waals surface area contributed by atoms with Crippen molar-refractivity contribution in [1.29, 1.82) is 5.26 Å². The van der Waals surface area contributed by atoms with Gasteiger partial charge in [0.25, 0.3) is 0 Å². The lowest BCUT2D eigenvalue weighted by Crippen LogP contribution is -2.46. The predicted octanol–water partition coefficient (Wildman–Crippen LogP) is 3.75. The Kier molecular flexibility index (Phi) is 7.96. The molecule has 8 nitrogen and oxygen atoms in total. The summed E-state index contributed by atoms with van der Waals surface area (Å²) in [7, 11) is 1.94. The minimum atomic E-state index is -0.537. The summed E-state index contributed by atoms with van der Waals surface area (Å²) < 4.78 is 17.2. The Morgan fingerprint density at radius 1 is 1.27 bits per heavy atom. The number of rotatable bonds is 9. The second kappa shape index (κ2) is 11.3. The van der Waals surface area contributed by atoms with Gasteiger partial charge in [0.2, 0.25) is 5.95 Å². The summed E-state index contributed by atoms with van der Waals surface area (Å²) in [4.78, 5) is 13.3. The third-order valence-corrected chi connectivity index (χ3v) is 6.89. The van der Waals surface area contributed by atoms with Crippen LogP contribution in [0.25, 0.3) is 0 Å². The van der Waals surface area contributed by atoms with Crippen LogP contribution >= 0.6 is 23.3 Å². The van der Waals surface area contributed by atoms with Gasteiger partial charge >= 0.3 is 0 Å². The normalized spacial score (nSPS) is 14.0. The number of nitrogens with one attached hydrogen (secondary N) is 3. The molecule has 11 heteroatoms. The molecule has 0 radical (unpaired) electrons. The van der Waals surface area contributed by atoms with Gasteiger partial charge in [0.15, 0.2) is 5.13 Å². The lowest BCUT2D eigenvalue weighted by atomic mass is 10.2. The highest BCUT2D eigenvalue weighted by atomic mass is 32.2. The second-order valence-electron chi connectivity index (χ2n) is 7.52. The molecule has 2 aromatic heterocycles. The van der Waals surface area contributed by atoms with Crippen LogP contribution in [0.4, 0.5) is 26.6 Å². The molecule has 1 aliphatic rings. The van der Waals surface area contributed by atoms with Crippen LogP contribution < -0.4 is 20.3 Å². The molecule has 172 valence electrons. The monoisotopic (exact) mass is 484 g/mol. The molecule has 1 saturated heterocycles. The number of aromatic nitrogens is 2. The van der Waals surface area contributed by atoms with Gasteiger partial charge in [0.1, 0.15) is 6.07 Å². The van der Waals surface area contributed by atoms with Crippen LogP contribution in [0.2, 0.25) is 0 Å². The van der Waals surface area contributed by atoms with E-state index in [1.807, 2.05) is 29.5 Å². The number of halogens is 1. The minimum absolute atomic E-state index is 0.486. The molecule has 0 aliphatic carbocycles. The van der Waals surface area contributed by atoms with Crippen molar-refractivity contribution in [2.75, 3.05) is 61.3 Å².